The minimum Gasteiger partial charge on any atom is -0.383 e. The predicted molar refractivity (Wildman–Crippen MR) is 77.4 cm³/mol. The molecule has 0 aliphatic rings. The lowest BCUT2D eigenvalue weighted by Crippen LogP contribution is -2.36. The second-order valence-electron chi connectivity index (χ2n) is 4.18. The molecule has 0 spiro atoms. The average molecular weight is 279 g/mol. The lowest BCUT2D eigenvalue weighted by molar-refractivity contribution is -0.120. The number of benzene rings is 1. The molecule has 0 fully saturated rings. The molecule has 0 unspecified atom stereocenters. The average Bonchev–Trinajstić information content (AvgIpc) is 2.45. The molecular formula is C14H21N3O3. The molecule has 0 atom stereocenters. The highest BCUT2D eigenvalue weighted by atomic mass is 16.5. The highest BCUT2D eigenvalue weighted by Gasteiger charge is 2.04. The highest BCUT2D eigenvalue weighted by Crippen LogP contribution is 2.04. The summed E-state index contributed by atoms with van der Waals surface area (Å²) in [4.78, 5) is 23.0. The number of methoxy groups -OCH3 is 1. The van der Waals surface area contributed by atoms with Crippen molar-refractivity contribution in [1.29, 1.82) is 0 Å². The van der Waals surface area contributed by atoms with Crippen molar-refractivity contribution >= 4 is 17.5 Å². The van der Waals surface area contributed by atoms with E-state index >= 15 is 0 Å². The quantitative estimate of drug-likeness (QED) is 0.571. The first-order chi connectivity index (χ1) is 9.72. The predicted octanol–water partition coefficient (Wildman–Crippen LogP) is 0.367. The highest BCUT2D eigenvalue weighted by molar-refractivity contribution is 5.91. The van der Waals surface area contributed by atoms with E-state index in [4.69, 9.17) is 4.74 Å². The number of para-hydroxylation sites is 1. The van der Waals surface area contributed by atoms with Gasteiger partial charge in [0.15, 0.2) is 0 Å². The van der Waals surface area contributed by atoms with Crippen LogP contribution in [0.5, 0.6) is 0 Å². The van der Waals surface area contributed by atoms with Crippen LogP contribution in [0.4, 0.5) is 5.69 Å². The van der Waals surface area contributed by atoms with Crippen LogP contribution in [-0.4, -0.2) is 45.2 Å². The first-order valence-corrected chi connectivity index (χ1v) is 6.53. The second kappa shape index (κ2) is 9.94. The first-order valence-electron chi connectivity index (χ1n) is 6.53. The van der Waals surface area contributed by atoms with Gasteiger partial charge in [-0.25, -0.2) is 0 Å². The summed E-state index contributed by atoms with van der Waals surface area (Å²) in [6.07, 6.45) is 0.249. The Kier molecular flexibility index (Phi) is 8.02. The Bertz CT molecular complexity index is 409. The fourth-order valence-corrected chi connectivity index (χ4v) is 1.50. The van der Waals surface area contributed by atoms with Crippen LogP contribution in [0.15, 0.2) is 30.3 Å². The van der Waals surface area contributed by atoms with Crippen LogP contribution in [-0.2, 0) is 14.3 Å². The standard InChI is InChI=1S/C14H21N3O3/c1-20-10-9-15-11-14(19)16-8-7-13(18)17-12-5-3-2-4-6-12/h2-6,15H,7-11H2,1H3,(H,16,19)(H,17,18). The molecule has 0 radical (unpaired) electrons. The number of amides is 2. The van der Waals surface area contributed by atoms with E-state index in [1.165, 1.54) is 0 Å². The molecule has 1 rings (SSSR count). The van der Waals surface area contributed by atoms with Crippen LogP contribution in [0.25, 0.3) is 0 Å². The molecule has 6 nitrogen and oxygen atoms in total. The van der Waals surface area contributed by atoms with Gasteiger partial charge in [-0.1, -0.05) is 18.2 Å². The van der Waals surface area contributed by atoms with Gasteiger partial charge in [-0.3, -0.25) is 9.59 Å². The zero-order valence-electron chi connectivity index (χ0n) is 11.6. The van der Waals surface area contributed by atoms with E-state index in [0.29, 0.717) is 19.7 Å². The Morgan fingerprint density at radius 3 is 2.55 bits per heavy atom. The van der Waals surface area contributed by atoms with Crippen molar-refractivity contribution in [1.82, 2.24) is 10.6 Å². The van der Waals surface area contributed by atoms with Gasteiger partial charge < -0.3 is 20.7 Å². The maximum atomic E-state index is 11.6. The van der Waals surface area contributed by atoms with Crippen molar-refractivity contribution in [3.05, 3.63) is 30.3 Å². The Hall–Kier alpha value is -1.92. The molecule has 110 valence electrons. The number of hydrogen-bond donors (Lipinski definition) is 3. The summed E-state index contributed by atoms with van der Waals surface area (Å²) in [5.41, 5.74) is 0.755. The monoisotopic (exact) mass is 279 g/mol. The minimum atomic E-state index is -0.131. The number of nitrogens with one attached hydrogen (secondary N) is 3. The molecule has 20 heavy (non-hydrogen) atoms. The molecule has 0 bridgehead atoms. The molecule has 0 heterocycles. The van der Waals surface area contributed by atoms with E-state index in [0.717, 1.165) is 5.69 Å². The minimum absolute atomic E-state index is 0.121. The Labute approximate surface area is 118 Å². The van der Waals surface area contributed by atoms with Gasteiger partial charge in [0.2, 0.25) is 11.8 Å². The van der Waals surface area contributed by atoms with E-state index in [1.54, 1.807) is 7.11 Å². The lowest BCUT2D eigenvalue weighted by atomic mass is 10.3. The second-order valence-corrected chi connectivity index (χ2v) is 4.18. The summed E-state index contributed by atoms with van der Waals surface area (Å²) in [6, 6.07) is 9.21. The molecule has 1 aromatic rings. The van der Waals surface area contributed by atoms with Gasteiger partial charge in [-0.2, -0.15) is 0 Å². The van der Waals surface area contributed by atoms with E-state index in [9.17, 15) is 9.59 Å². The summed E-state index contributed by atoms with van der Waals surface area (Å²) in [6.45, 7) is 1.73. The van der Waals surface area contributed by atoms with Crippen LogP contribution < -0.4 is 16.0 Å². The topological polar surface area (TPSA) is 79.5 Å². The van der Waals surface area contributed by atoms with E-state index in [-0.39, 0.29) is 24.8 Å². The van der Waals surface area contributed by atoms with Crippen LogP contribution in [0.1, 0.15) is 6.42 Å². The number of ether oxygens (including phenoxy) is 1. The molecule has 3 N–H and O–H groups in total. The van der Waals surface area contributed by atoms with E-state index in [2.05, 4.69) is 16.0 Å². The van der Waals surface area contributed by atoms with Crippen molar-refractivity contribution < 1.29 is 14.3 Å². The number of hydrogen-bond acceptors (Lipinski definition) is 4. The van der Waals surface area contributed by atoms with Gasteiger partial charge in [0, 0.05) is 32.3 Å². The Balaban J connectivity index is 2.08. The zero-order valence-corrected chi connectivity index (χ0v) is 11.6. The van der Waals surface area contributed by atoms with Gasteiger partial charge in [-0.15, -0.1) is 0 Å². The maximum absolute atomic E-state index is 11.6. The molecule has 2 amide bonds. The van der Waals surface area contributed by atoms with Crippen molar-refractivity contribution in [2.24, 2.45) is 0 Å². The van der Waals surface area contributed by atoms with Gasteiger partial charge in [0.05, 0.1) is 13.2 Å². The van der Waals surface area contributed by atoms with Gasteiger partial charge >= 0.3 is 0 Å². The maximum Gasteiger partial charge on any atom is 0.233 e. The van der Waals surface area contributed by atoms with Crippen LogP contribution >= 0.6 is 0 Å². The smallest absolute Gasteiger partial charge is 0.233 e. The molecule has 0 saturated carbocycles. The molecule has 0 aliphatic heterocycles. The first kappa shape index (κ1) is 16.1. The number of carbonyl (C=O) groups excluding carboxylic acids is 2. The Morgan fingerprint density at radius 2 is 1.85 bits per heavy atom. The van der Waals surface area contributed by atoms with Crippen LogP contribution in [0, 0.1) is 0 Å². The number of rotatable bonds is 9. The van der Waals surface area contributed by atoms with Crippen molar-refractivity contribution in [2.45, 2.75) is 6.42 Å². The summed E-state index contributed by atoms with van der Waals surface area (Å²) in [7, 11) is 1.60. The summed E-state index contributed by atoms with van der Waals surface area (Å²) >= 11 is 0. The van der Waals surface area contributed by atoms with Gasteiger partial charge in [-0.05, 0) is 12.1 Å². The third-order valence-corrected chi connectivity index (χ3v) is 2.50. The lowest BCUT2D eigenvalue weighted by Gasteiger charge is -2.07. The van der Waals surface area contributed by atoms with Crippen LogP contribution in [0.3, 0.4) is 0 Å². The SMILES string of the molecule is COCCNCC(=O)NCCC(=O)Nc1ccccc1. The summed E-state index contributed by atoms with van der Waals surface area (Å²) < 4.78 is 4.85. The molecule has 1 aromatic carbocycles. The van der Waals surface area contributed by atoms with Crippen molar-refractivity contribution in [2.75, 3.05) is 38.7 Å². The fraction of sp³-hybridized carbons (Fsp3) is 0.429. The van der Waals surface area contributed by atoms with Crippen LogP contribution in [0.2, 0.25) is 0 Å². The Morgan fingerprint density at radius 1 is 1.10 bits per heavy atom. The molecule has 0 aliphatic carbocycles. The molecule has 6 heteroatoms. The number of anilines is 1. The largest absolute Gasteiger partial charge is 0.383 e. The van der Waals surface area contributed by atoms with E-state index in [1.807, 2.05) is 30.3 Å². The summed E-state index contributed by atoms with van der Waals surface area (Å²) in [5, 5.41) is 8.35. The fourth-order valence-electron chi connectivity index (χ4n) is 1.50. The van der Waals surface area contributed by atoms with Gasteiger partial charge in [0.1, 0.15) is 0 Å². The van der Waals surface area contributed by atoms with Crippen molar-refractivity contribution in [3.8, 4) is 0 Å². The summed E-state index contributed by atoms with van der Waals surface area (Å²) in [5.74, 6) is -0.252. The van der Waals surface area contributed by atoms with E-state index < -0.39 is 0 Å². The number of carbonyl (C=O) groups is 2. The molecular weight excluding hydrogens is 258 g/mol. The third-order valence-electron chi connectivity index (χ3n) is 2.50. The third kappa shape index (κ3) is 7.50. The van der Waals surface area contributed by atoms with Gasteiger partial charge in [0.25, 0.3) is 0 Å². The molecule has 0 aromatic heterocycles. The normalized spacial score (nSPS) is 10.1. The van der Waals surface area contributed by atoms with Crippen molar-refractivity contribution in [3.63, 3.8) is 0 Å². The zero-order chi connectivity index (χ0) is 14.6. The molecule has 0 saturated heterocycles.